The van der Waals surface area contributed by atoms with E-state index < -0.39 is 5.92 Å². The standard InChI is InChI=1S/C19H15BrN4O3S/c1-2-26-12-7-9(6-11(20)17(12)25)14-10(8-21)18(22)27-19-15(14)16(23-24-19)13-4-3-5-28-13/h3-7,14,25H,2,22H2,1H3,(H,23,24)/t14-/m1/s1. The maximum atomic E-state index is 10.3. The van der Waals surface area contributed by atoms with Crippen LogP contribution in [0, 0.1) is 11.3 Å². The monoisotopic (exact) mass is 458 g/mol. The molecular formula is C19H15BrN4O3S. The molecule has 28 heavy (non-hydrogen) atoms. The van der Waals surface area contributed by atoms with Gasteiger partial charge in [-0.05, 0) is 52.0 Å². The Balaban J connectivity index is 1.96. The van der Waals surface area contributed by atoms with Crippen LogP contribution in [0.1, 0.15) is 24.0 Å². The number of ether oxygens (including phenoxy) is 2. The van der Waals surface area contributed by atoms with Crippen molar-refractivity contribution in [3.8, 4) is 34.0 Å². The van der Waals surface area contributed by atoms with E-state index in [9.17, 15) is 10.4 Å². The van der Waals surface area contributed by atoms with Gasteiger partial charge in [0, 0.05) is 0 Å². The van der Waals surface area contributed by atoms with Crippen LogP contribution in [0.25, 0.3) is 10.6 Å². The number of hydrogen-bond donors (Lipinski definition) is 3. The molecule has 7 nitrogen and oxygen atoms in total. The van der Waals surface area contributed by atoms with Crippen molar-refractivity contribution >= 4 is 27.3 Å². The summed E-state index contributed by atoms with van der Waals surface area (Å²) < 4.78 is 11.6. The molecule has 0 aliphatic carbocycles. The molecule has 0 fully saturated rings. The number of aromatic hydroxyl groups is 1. The molecule has 142 valence electrons. The largest absolute Gasteiger partial charge is 0.503 e. The lowest BCUT2D eigenvalue weighted by molar-refractivity contribution is 0.316. The number of nitrogens with zero attached hydrogens (tertiary/aromatic N) is 2. The van der Waals surface area contributed by atoms with Gasteiger partial charge in [0.2, 0.25) is 11.8 Å². The van der Waals surface area contributed by atoms with Crippen molar-refractivity contribution < 1.29 is 14.6 Å². The van der Waals surface area contributed by atoms with E-state index in [0.717, 1.165) is 16.1 Å². The number of phenolic OH excluding ortho intramolecular Hbond substituents is 1. The normalized spacial score (nSPS) is 15.7. The summed E-state index contributed by atoms with van der Waals surface area (Å²) in [4.78, 5) is 0.961. The lowest BCUT2D eigenvalue weighted by Crippen LogP contribution is -2.21. The number of thiophene rings is 1. The van der Waals surface area contributed by atoms with Crippen molar-refractivity contribution in [2.75, 3.05) is 6.61 Å². The van der Waals surface area contributed by atoms with Crippen molar-refractivity contribution in [3.05, 3.63) is 56.7 Å². The van der Waals surface area contributed by atoms with Crippen molar-refractivity contribution in [1.82, 2.24) is 10.2 Å². The van der Waals surface area contributed by atoms with E-state index in [0.29, 0.717) is 28.3 Å². The first-order valence-corrected chi connectivity index (χ1v) is 10.1. The highest BCUT2D eigenvalue weighted by Gasteiger charge is 2.36. The number of H-pyrrole nitrogens is 1. The van der Waals surface area contributed by atoms with Crippen LogP contribution in [-0.2, 0) is 0 Å². The Morgan fingerprint density at radius 3 is 3.00 bits per heavy atom. The molecule has 0 amide bonds. The van der Waals surface area contributed by atoms with Gasteiger partial charge in [-0.3, -0.25) is 5.10 Å². The number of halogens is 1. The molecule has 1 aliphatic heterocycles. The number of phenols is 1. The summed E-state index contributed by atoms with van der Waals surface area (Å²) >= 11 is 4.91. The molecule has 0 bridgehead atoms. The van der Waals surface area contributed by atoms with E-state index in [1.54, 1.807) is 23.5 Å². The fraction of sp³-hybridized carbons (Fsp3) is 0.158. The molecule has 4 rings (SSSR count). The molecular weight excluding hydrogens is 444 g/mol. The molecule has 3 heterocycles. The molecule has 9 heteroatoms. The Morgan fingerprint density at radius 2 is 2.32 bits per heavy atom. The average molecular weight is 459 g/mol. The second kappa shape index (κ2) is 7.22. The second-order valence-corrected chi connectivity index (χ2v) is 7.80. The predicted molar refractivity (Wildman–Crippen MR) is 108 cm³/mol. The summed E-state index contributed by atoms with van der Waals surface area (Å²) in [5.41, 5.74) is 8.48. The van der Waals surface area contributed by atoms with Crippen LogP contribution in [0.3, 0.4) is 0 Å². The van der Waals surface area contributed by atoms with Gasteiger partial charge in [-0.15, -0.1) is 16.4 Å². The summed E-state index contributed by atoms with van der Waals surface area (Å²) in [6.45, 7) is 2.22. The molecule has 4 N–H and O–H groups in total. The van der Waals surface area contributed by atoms with Crippen molar-refractivity contribution in [2.45, 2.75) is 12.8 Å². The van der Waals surface area contributed by atoms with Crippen LogP contribution in [0.4, 0.5) is 0 Å². The zero-order valence-electron chi connectivity index (χ0n) is 14.7. The van der Waals surface area contributed by atoms with E-state index in [-0.39, 0.29) is 17.2 Å². The van der Waals surface area contributed by atoms with Crippen LogP contribution >= 0.6 is 27.3 Å². The highest BCUT2D eigenvalue weighted by atomic mass is 79.9. The first kappa shape index (κ1) is 18.4. The average Bonchev–Trinajstić information content (AvgIpc) is 3.33. The second-order valence-electron chi connectivity index (χ2n) is 6.00. The molecule has 1 aromatic carbocycles. The Kier molecular flexibility index (Phi) is 4.75. The number of rotatable bonds is 4. The minimum Gasteiger partial charge on any atom is -0.503 e. The van der Waals surface area contributed by atoms with Crippen molar-refractivity contribution in [2.24, 2.45) is 5.73 Å². The molecule has 0 unspecified atom stereocenters. The molecule has 2 aromatic heterocycles. The third kappa shape index (κ3) is 2.91. The fourth-order valence-electron chi connectivity index (χ4n) is 3.21. The van der Waals surface area contributed by atoms with Gasteiger partial charge in [-0.1, -0.05) is 6.07 Å². The summed E-state index contributed by atoms with van der Waals surface area (Å²) in [6, 6.07) is 9.51. The lowest BCUT2D eigenvalue weighted by Gasteiger charge is -2.24. The van der Waals surface area contributed by atoms with E-state index in [2.05, 4.69) is 32.2 Å². The first-order chi connectivity index (χ1) is 13.5. The number of aromatic amines is 1. The van der Waals surface area contributed by atoms with E-state index in [1.807, 2.05) is 24.4 Å². The number of allylic oxidation sites excluding steroid dienone is 1. The van der Waals surface area contributed by atoms with Gasteiger partial charge in [-0.25, -0.2) is 0 Å². The number of hydrogen-bond acceptors (Lipinski definition) is 7. The summed E-state index contributed by atoms with van der Waals surface area (Å²) in [6.07, 6.45) is 0. The quantitative estimate of drug-likeness (QED) is 0.538. The summed E-state index contributed by atoms with van der Waals surface area (Å²) in [7, 11) is 0. The number of nitriles is 1. The van der Waals surface area contributed by atoms with Crippen molar-refractivity contribution in [1.29, 1.82) is 5.26 Å². The van der Waals surface area contributed by atoms with Gasteiger partial charge >= 0.3 is 0 Å². The fourth-order valence-corrected chi connectivity index (χ4v) is 4.41. The van der Waals surface area contributed by atoms with Crippen LogP contribution in [0.5, 0.6) is 17.4 Å². The minimum atomic E-state index is -0.527. The number of nitrogens with two attached hydrogens (primary N) is 1. The number of aromatic nitrogens is 2. The topological polar surface area (TPSA) is 117 Å². The number of nitrogens with one attached hydrogen (secondary N) is 1. The van der Waals surface area contributed by atoms with Crippen LogP contribution in [0.2, 0.25) is 0 Å². The maximum Gasteiger partial charge on any atom is 0.244 e. The highest BCUT2D eigenvalue weighted by Crippen LogP contribution is 2.48. The van der Waals surface area contributed by atoms with Crippen LogP contribution in [0.15, 0.2) is 45.6 Å². The zero-order valence-corrected chi connectivity index (χ0v) is 17.1. The van der Waals surface area contributed by atoms with E-state index >= 15 is 0 Å². The van der Waals surface area contributed by atoms with Gasteiger partial charge in [0.1, 0.15) is 11.6 Å². The molecule has 3 aromatic rings. The van der Waals surface area contributed by atoms with Gasteiger partial charge in [0.25, 0.3) is 0 Å². The number of fused-ring (bicyclic) bond motifs is 1. The van der Waals surface area contributed by atoms with E-state index in [1.165, 1.54) is 0 Å². The lowest BCUT2D eigenvalue weighted by atomic mass is 9.83. The van der Waals surface area contributed by atoms with Gasteiger partial charge in [0.15, 0.2) is 11.5 Å². The van der Waals surface area contributed by atoms with Crippen LogP contribution < -0.4 is 15.2 Å². The van der Waals surface area contributed by atoms with Crippen LogP contribution in [-0.4, -0.2) is 21.9 Å². The Morgan fingerprint density at radius 1 is 1.50 bits per heavy atom. The first-order valence-electron chi connectivity index (χ1n) is 8.40. The molecule has 0 saturated carbocycles. The smallest absolute Gasteiger partial charge is 0.244 e. The minimum absolute atomic E-state index is 0.000911. The summed E-state index contributed by atoms with van der Waals surface area (Å²) in [5.74, 6) is 0.120. The zero-order chi connectivity index (χ0) is 19.8. The van der Waals surface area contributed by atoms with Gasteiger partial charge in [0.05, 0.1) is 33.1 Å². The SMILES string of the molecule is CCOc1cc([C@@H]2C(C#N)=C(N)Oc3n[nH]c(-c4cccs4)c32)cc(Br)c1O. The Bertz CT molecular complexity index is 1120. The third-order valence-electron chi connectivity index (χ3n) is 4.39. The Hall–Kier alpha value is -2.96. The Labute approximate surface area is 173 Å². The molecule has 0 spiro atoms. The molecule has 1 aliphatic rings. The molecule has 0 saturated heterocycles. The van der Waals surface area contributed by atoms with Gasteiger partial charge in [-0.2, -0.15) is 5.26 Å². The maximum absolute atomic E-state index is 10.3. The third-order valence-corrected chi connectivity index (χ3v) is 5.88. The summed E-state index contributed by atoms with van der Waals surface area (Å²) in [5, 5.41) is 29.3. The van der Waals surface area contributed by atoms with Crippen molar-refractivity contribution in [3.63, 3.8) is 0 Å². The number of benzene rings is 1. The van der Waals surface area contributed by atoms with E-state index in [4.69, 9.17) is 15.2 Å². The van der Waals surface area contributed by atoms with Gasteiger partial charge < -0.3 is 20.3 Å². The molecule has 1 atom stereocenters. The predicted octanol–water partition coefficient (Wildman–Crippen LogP) is 4.22. The molecule has 0 radical (unpaired) electrons. The highest BCUT2D eigenvalue weighted by molar-refractivity contribution is 9.10.